The lowest BCUT2D eigenvalue weighted by Crippen LogP contribution is -2.02. The highest BCUT2D eigenvalue weighted by Crippen LogP contribution is 2.40. The van der Waals surface area contributed by atoms with Crippen LogP contribution in [0.25, 0.3) is 15.9 Å². The number of aromatic nitrogens is 1. The number of benzene rings is 2. The van der Waals surface area contributed by atoms with Crippen LogP contribution in [0.15, 0.2) is 52.0 Å². The molecule has 1 aliphatic heterocycles. The molecule has 2 N–H and O–H groups in total. The zero-order valence-electron chi connectivity index (χ0n) is 14.0. The first-order valence-corrected chi connectivity index (χ1v) is 10.5. The first-order chi connectivity index (χ1) is 13.4. The number of hydrogen-bond donors (Lipinski definition) is 2. The van der Waals surface area contributed by atoms with Crippen molar-refractivity contribution in [2.45, 2.75) is 4.90 Å². The van der Waals surface area contributed by atoms with Crippen molar-refractivity contribution in [1.29, 1.82) is 0 Å². The van der Waals surface area contributed by atoms with Crippen molar-refractivity contribution in [2.24, 2.45) is 5.10 Å². The molecule has 4 nitrogen and oxygen atoms in total. The van der Waals surface area contributed by atoms with E-state index in [2.05, 4.69) is 15.5 Å². The number of anilines is 1. The Morgan fingerprint density at radius 2 is 1.89 bits per heavy atom. The Morgan fingerprint density at radius 1 is 1.07 bits per heavy atom. The van der Waals surface area contributed by atoms with E-state index < -0.39 is 0 Å². The van der Waals surface area contributed by atoms with Crippen LogP contribution in [0.5, 0.6) is 5.75 Å². The van der Waals surface area contributed by atoms with Crippen molar-refractivity contribution in [1.82, 2.24) is 4.98 Å². The lowest BCUT2D eigenvalue weighted by molar-refractivity contribution is 0.480. The van der Waals surface area contributed by atoms with Gasteiger partial charge in [0.15, 0.2) is 5.75 Å². The number of rotatable bonds is 3. The number of fused-ring (bicyclic) bond motifs is 2. The van der Waals surface area contributed by atoms with Gasteiger partial charge in [-0.25, -0.2) is 4.98 Å². The molecule has 0 saturated heterocycles. The van der Waals surface area contributed by atoms with Crippen LogP contribution in [-0.4, -0.2) is 22.1 Å². The highest BCUT2D eigenvalue weighted by molar-refractivity contribution is 7.99. The van der Waals surface area contributed by atoms with E-state index in [0.29, 0.717) is 37.6 Å². The van der Waals surface area contributed by atoms with Gasteiger partial charge < -0.3 is 5.11 Å². The molecule has 3 aromatic rings. The molecule has 4 rings (SSSR count). The Hall–Kier alpha value is -1.63. The van der Waals surface area contributed by atoms with Gasteiger partial charge in [0, 0.05) is 32.2 Å². The summed E-state index contributed by atoms with van der Waals surface area (Å²) in [6, 6.07) is 10.6. The van der Waals surface area contributed by atoms with Gasteiger partial charge in [-0.15, -0.1) is 11.8 Å². The van der Waals surface area contributed by atoms with Crippen LogP contribution in [0.2, 0.25) is 15.1 Å². The van der Waals surface area contributed by atoms with Crippen molar-refractivity contribution in [3.8, 4) is 5.75 Å². The number of phenolic OH excluding ortho intramolecular Hbond substituents is 1. The number of hydrazone groups is 1. The summed E-state index contributed by atoms with van der Waals surface area (Å²) in [5.74, 6) is 0.994. The molecule has 0 unspecified atom stereocenters. The summed E-state index contributed by atoms with van der Waals surface area (Å²) in [5.41, 5.74) is 4.89. The minimum absolute atomic E-state index is 0.128. The molecule has 0 amide bonds. The Bertz CT molecular complexity index is 1160. The molecule has 0 spiro atoms. The largest absolute Gasteiger partial charge is 0.504 e. The quantitative estimate of drug-likeness (QED) is 0.318. The highest BCUT2D eigenvalue weighted by Gasteiger charge is 2.17. The van der Waals surface area contributed by atoms with Gasteiger partial charge >= 0.3 is 0 Å². The van der Waals surface area contributed by atoms with Gasteiger partial charge in [0.1, 0.15) is 11.3 Å². The number of phenols is 1. The maximum atomic E-state index is 10.1. The molecular weight excluding hydrogens is 460 g/mol. The number of pyridine rings is 1. The molecule has 0 fully saturated rings. The maximum Gasteiger partial charge on any atom is 0.160 e. The minimum atomic E-state index is -0.128. The van der Waals surface area contributed by atoms with E-state index in [0.717, 1.165) is 16.0 Å². The minimum Gasteiger partial charge on any atom is -0.504 e. The van der Waals surface area contributed by atoms with Gasteiger partial charge in [-0.05, 0) is 36.4 Å². The highest BCUT2D eigenvalue weighted by atomic mass is 35.5. The molecule has 0 saturated carbocycles. The average Bonchev–Trinajstić information content (AvgIpc) is 2.68. The second kappa shape index (κ2) is 8.01. The van der Waals surface area contributed by atoms with E-state index >= 15 is 0 Å². The zero-order chi connectivity index (χ0) is 19.8. The van der Waals surface area contributed by atoms with Crippen LogP contribution in [0, 0.1) is 0 Å². The number of nitrogens with one attached hydrogen (secondary N) is 1. The first kappa shape index (κ1) is 19.7. The second-order valence-corrected chi connectivity index (χ2v) is 8.57. The SMILES string of the molecule is Oc1c(Cl)cc(Cl)c2ccc(N/N=C/C3=C(Cl)c4cc(Cl)ccc4SC3)nc12. The van der Waals surface area contributed by atoms with Crippen LogP contribution in [0.1, 0.15) is 5.56 Å². The van der Waals surface area contributed by atoms with Crippen LogP contribution in [0.4, 0.5) is 5.82 Å². The van der Waals surface area contributed by atoms with Crippen LogP contribution in [0.3, 0.4) is 0 Å². The third-order valence-electron chi connectivity index (χ3n) is 4.10. The fourth-order valence-corrected chi connectivity index (χ4v) is 4.83. The normalized spacial score (nSPS) is 14.0. The predicted molar refractivity (Wildman–Crippen MR) is 120 cm³/mol. The number of halogens is 4. The summed E-state index contributed by atoms with van der Waals surface area (Å²) < 4.78 is 0. The van der Waals surface area contributed by atoms with Gasteiger partial charge in [-0.2, -0.15) is 5.10 Å². The summed E-state index contributed by atoms with van der Waals surface area (Å²) in [7, 11) is 0. The summed E-state index contributed by atoms with van der Waals surface area (Å²) in [5, 5.41) is 16.7. The van der Waals surface area contributed by atoms with Gasteiger partial charge in [0.05, 0.1) is 21.3 Å². The Kier molecular flexibility index (Phi) is 5.63. The van der Waals surface area contributed by atoms with E-state index in [1.165, 1.54) is 6.07 Å². The van der Waals surface area contributed by atoms with E-state index in [-0.39, 0.29) is 10.8 Å². The van der Waals surface area contributed by atoms with Crippen molar-refractivity contribution < 1.29 is 5.11 Å². The molecule has 1 aliphatic rings. The van der Waals surface area contributed by atoms with E-state index in [4.69, 9.17) is 46.4 Å². The second-order valence-electron chi connectivity index (χ2n) is 5.92. The smallest absolute Gasteiger partial charge is 0.160 e. The molecule has 2 aromatic carbocycles. The molecule has 0 aliphatic carbocycles. The third-order valence-corrected chi connectivity index (χ3v) is 6.50. The molecule has 9 heteroatoms. The molecule has 0 atom stereocenters. The lowest BCUT2D eigenvalue weighted by atomic mass is 10.1. The molecule has 0 radical (unpaired) electrons. The Labute approximate surface area is 185 Å². The van der Waals surface area contributed by atoms with Gasteiger partial charge in [0.2, 0.25) is 0 Å². The fourth-order valence-electron chi connectivity index (χ4n) is 2.73. The summed E-state index contributed by atoms with van der Waals surface area (Å²) in [4.78, 5) is 5.41. The predicted octanol–water partition coefficient (Wildman–Crippen LogP) is 7.05. The van der Waals surface area contributed by atoms with Gasteiger partial charge in [-0.3, -0.25) is 5.43 Å². The zero-order valence-corrected chi connectivity index (χ0v) is 17.9. The standard InChI is InChI=1S/C19H11Cl4N3OS/c20-10-1-3-15-12(5-10)17(23)9(8-28-15)7-24-26-16-4-2-11-13(21)6-14(22)19(27)18(11)25-16/h1-7,27H,8H2,(H,25,26)/b24-7+. The summed E-state index contributed by atoms with van der Waals surface area (Å²) >= 11 is 26.4. The molecule has 2 heterocycles. The number of hydrogen-bond acceptors (Lipinski definition) is 5. The number of thioether (sulfide) groups is 1. The Morgan fingerprint density at radius 3 is 2.71 bits per heavy atom. The Balaban J connectivity index is 1.60. The lowest BCUT2D eigenvalue weighted by Gasteiger charge is -2.17. The molecule has 142 valence electrons. The summed E-state index contributed by atoms with van der Waals surface area (Å²) in [6.07, 6.45) is 1.65. The van der Waals surface area contributed by atoms with Crippen molar-refractivity contribution >= 4 is 86.1 Å². The molecular formula is C19H11Cl4N3OS. The van der Waals surface area contributed by atoms with Crippen LogP contribution < -0.4 is 5.43 Å². The van der Waals surface area contributed by atoms with Crippen molar-refractivity contribution in [2.75, 3.05) is 11.2 Å². The van der Waals surface area contributed by atoms with Crippen LogP contribution >= 0.6 is 58.2 Å². The summed E-state index contributed by atoms with van der Waals surface area (Å²) in [6.45, 7) is 0. The number of aromatic hydroxyl groups is 1. The van der Waals surface area contributed by atoms with E-state index in [9.17, 15) is 5.11 Å². The third kappa shape index (κ3) is 3.78. The monoisotopic (exact) mass is 469 g/mol. The van der Waals surface area contributed by atoms with Crippen molar-refractivity contribution in [3.05, 3.63) is 62.6 Å². The topological polar surface area (TPSA) is 57.5 Å². The van der Waals surface area contributed by atoms with E-state index in [1.54, 1.807) is 30.1 Å². The fraction of sp³-hybridized carbons (Fsp3) is 0.0526. The molecule has 28 heavy (non-hydrogen) atoms. The number of nitrogens with zero attached hydrogens (tertiary/aromatic N) is 2. The molecule has 0 bridgehead atoms. The van der Waals surface area contributed by atoms with Crippen molar-refractivity contribution in [3.63, 3.8) is 0 Å². The maximum absolute atomic E-state index is 10.1. The first-order valence-electron chi connectivity index (χ1n) is 8.02. The van der Waals surface area contributed by atoms with Gasteiger partial charge in [-0.1, -0.05) is 46.4 Å². The van der Waals surface area contributed by atoms with Crippen LogP contribution in [-0.2, 0) is 0 Å². The molecule has 1 aromatic heterocycles. The van der Waals surface area contributed by atoms with E-state index in [1.807, 2.05) is 18.2 Å². The van der Waals surface area contributed by atoms with Gasteiger partial charge in [0.25, 0.3) is 0 Å². The average molecular weight is 471 g/mol.